The maximum absolute atomic E-state index is 12.8. The van der Waals surface area contributed by atoms with Crippen molar-refractivity contribution in [3.63, 3.8) is 0 Å². The van der Waals surface area contributed by atoms with Gasteiger partial charge in [-0.15, -0.1) is 0 Å². The number of halogens is 4. The van der Waals surface area contributed by atoms with Gasteiger partial charge < -0.3 is 4.74 Å². The van der Waals surface area contributed by atoms with Gasteiger partial charge in [0.15, 0.2) is 5.78 Å². The quantitative estimate of drug-likeness (QED) is 0.312. The average Bonchev–Trinajstić information content (AvgIpc) is 2.43. The minimum absolute atomic E-state index is 0.0380. The van der Waals surface area contributed by atoms with Gasteiger partial charge in [0.1, 0.15) is 5.76 Å². The molecule has 0 aliphatic carbocycles. The summed E-state index contributed by atoms with van der Waals surface area (Å²) < 4.78 is 55.6. The Labute approximate surface area is 129 Å². The Morgan fingerprint density at radius 3 is 2.23 bits per heavy atom. The number of ketones is 1. The van der Waals surface area contributed by atoms with Crippen molar-refractivity contribution in [2.75, 3.05) is 13.8 Å². The van der Waals surface area contributed by atoms with Gasteiger partial charge in [0, 0.05) is 17.4 Å². The van der Waals surface area contributed by atoms with Gasteiger partial charge in [0.25, 0.3) is 0 Å². The van der Waals surface area contributed by atoms with E-state index < -0.39 is 24.7 Å². The largest absolute Gasteiger partial charge is 0.500 e. The summed E-state index contributed by atoms with van der Waals surface area (Å²) in [6.45, 7) is 4.36. The van der Waals surface area contributed by atoms with Crippen molar-refractivity contribution in [2.45, 2.75) is 59.1 Å². The van der Waals surface area contributed by atoms with Crippen LogP contribution in [0, 0.1) is 11.3 Å². The highest BCUT2D eigenvalue weighted by molar-refractivity contribution is 5.92. The topological polar surface area (TPSA) is 26.3 Å². The second-order valence-electron chi connectivity index (χ2n) is 5.76. The Balaban J connectivity index is 5.30. The SMILES string of the molecule is CCC(CCCF)C(=O)/C=C(\OC)C(C)(CC)CC(F)(F)F. The summed E-state index contributed by atoms with van der Waals surface area (Å²) in [5, 5.41) is 0. The number of ether oxygens (including phenoxy) is 1. The van der Waals surface area contributed by atoms with Crippen molar-refractivity contribution in [1.82, 2.24) is 0 Å². The number of carbonyl (C=O) groups excluding carboxylic acids is 1. The van der Waals surface area contributed by atoms with E-state index in [1.54, 1.807) is 13.8 Å². The molecule has 0 saturated carbocycles. The maximum Gasteiger partial charge on any atom is 0.390 e. The maximum atomic E-state index is 12.8. The Morgan fingerprint density at radius 2 is 1.86 bits per heavy atom. The third kappa shape index (κ3) is 6.79. The Bertz CT molecular complexity index is 377. The normalized spacial score (nSPS) is 17.0. The molecule has 0 N–H and O–H groups in total. The lowest BCUT2D eigenvalue weighted by Gasteiger charge is -2.31. The molecule has 0 rings (SSSR count). The fourth-order valence-corrected chi connectivity index (χ4v) is 2.43. The molecule has 0 aliphatic heterocycles. The van der Waals surface area contributed by atoms with Crippen LogP contribution in [0.5, 0.6) is 0 Å². The minimum Gasteiger partial charge on any atom is -0.500 e. The number of carbonyl (C=O) groups is 1. The highest BCUT2D eigenvalue weighted by Crippen LogP contribution is 2.42. The number of allylic oxidation sites excluding steroid dienone is 2. The van der Waals surface area contributed by atoms with Gasteiger partial charge in [-0.2, -0.15) is 13.2 Å². The van der Waals surface area contributed by atoms with Gasteiger partial charge in [-0.25, -0.2) is 0 Å². The molecule has 130 valence electrons. The molecule has 0 aromatic rings. The molecule has 0 radical (unpaired) electrons. The van der Waals surface area contributed by atoms with Gasteiger partial charge in [-0.3, -0.25) is 9.18 Å². The summed E-state index contributed by atoms with van der Waals surface area (Å²) in [5.74, 6) is -0.640. The van der Waals surface area contributed by atoms with Gasteiger partial charge in [0.05, 0.1) is 20.2 Å². The zero-order valence-corrected chi connectivity index (χ0v) is 13.7. The summed E-state index contributed by atoms with van der Waals surface area (Å²) in [5.41, 5.74) is -1.28. The van der Waals surface area contributed by atoms with E-state index in [0.29, 0.717) is 12.8 Å². The van der Waals surface area contributed by atoms with Crippen LogP contribution in [-0.4, -0.2) is 25.7 Å². The van der Waals surface area contributed by atoms with Crippen LogP contribution in [0.3, 0.4) is 0 Å². The molecule has 0 aromatic carbocycles. The molecular formula is C16H26F4O2. The Kier molecular flexibility index (Phi) is 8.71. The summed E-state index contributed by atoms with van der Waals surface area (Å²) in [6, 6.07) is 0. The van der Waals surface area contributed by atoms with E-state index in [9.17, 15) is 22.4 Å². The molecule has 22 heavy (non-hydrogen) atoms. The zero-order chi connectivity index (χ0) is 17.4. The predicted octanol–water partition coefficient (Wildman–Crippen LogP) is 5.23. The third-order valence-corrected chi connectivity index (χ3v) is 4.04. The summed E-state index contributed by atoms with van der Waals surface area (Å²) in [7, 11) is 1.27. The molecular weight excluding hydrogens is 300 g/mol. The average molecular weight is 326 g/mol. The number of rotatable bonds is 10. The van der Waals surface area contributed by atoms with Gasteiger partial charge in [-0.1, -0.05) is 20.8 Å². The lowest BCUT2D eigenvalue weighted by Crippen LogP contribution is -2.28. The molecule has 0 saturated heterocycles. The highest BCUT2D eigenvalue weighted by atomic mass is 19.4. The fourth-order valence-electron chi connectivity index (χ4n) is 2.43. The van der Waals surface area contributed by atoms with Gasteiger partial charge >= 0.3 is 6.18 Å². The molecule has 0 bridgehead atoms. The minimum atomic E-state index is -4.34. The molecule has 0 fully saturated rings. The van der Waals surface area contributed by atoms with Crippen molar-refractivity contribution in [3.05, 3.63) is 11.8 Å². The first-order valence-electron chi connectivity index (χ1n) is 7.56. The third-order valence-electron chi connectivity index (χ3n) is 4.04. The van der Waals surface area contributed by atoms with E-state index in [2.05, 4.69) is 0 Å². The van der Waals surface area contributed by atoms with Crippen LogP contribution in [0.2, 0.25) is 0 Å². The zero-order valence-electron chi connectivity index (χ0n) is 13.7. The summed E-state index contributed by atoms with van der Waals surface area (Å²) >= 11 is 0. The standard InChI is InChI=1S/C16H26F4O2/c1-5-12(8-7-9-17)13(21)10-14(22-4)15(3,6-2)11-16(18,19)20/h10,12H,5-9,11H2,1-4H3/b14-10-. The molecule has 0 aliphatic rings. The molecule has 2 atom stereocenters. The van der Waals surface area contributed by atoms with E-state index in [0.717, 1.165) is 0 Å². The predicted molar refractivity (Wildman–Crippen MR) is 78.2 cm³/mol. The van der Waals surface area contributed by atoms with Crippen LogP contribution >= 0.6 is 0 Å². The fraction of sp³-hybridized carbons (Fsp3) is 0.812. The van der Waals surface area contributed by atoms with Crippen LogP contribution in [-0.2, 0) is 9.53 Å². The molecule has 0 heterocycles. The van der Waals surface area contributed by atoms with Crippen molar-refractivity contribution >= 4 is 5.78 Å². The van der Waals surface area contributed by atoms with Crippen LogP contribution < -0.4 is 0 Å². The molecule has 6 heteroatoms. The van der Waals surface area contributed by atoms with Crippen LogP contribution in [0.25, 0.3) is 0 Å². The van der Waals surface area contributed by atoms with E-state index in [1.807, 2.05) is 0 Å². The second-order valence-corrected chi connectivity index (χ2v) is 5.76. The smallest absolute Gasteiger partial charge is 0.390 e. The first kappa shape index (κ1) is 20.9. The first-order valence-corrected chi connectivity index (χ1v) is 7.56. The molecule has 2 unspecified atom stereocenters. The van der Waals surface area contributed by atoms with Crippen LogP contribution in [0.4, 0.5) is 17.6 Å². The summed E-state index contributed by atoms with van der Waals surface area (Å²) in [4.78, 5) is 12.2. The monoisotopic (exact) mass is 326 g/mol. The van der Waals surface area contributed by atoms with Crippen molar-refractivity contribution < 1.29 is 27.1 Å². The lowest BCUT2D eigenvalue weighted by molar-refractivity contribution is -0.156. The highest BCUT2D eigenvalue weighted by Gasteiger charge is 2.41. The second kappa shape index (κ2) is 9.16. The Morgan fingerprint density at radius 1 is 1.27 bits per heavy atom. The number of hydrogen-bond acceptors (Lipinski definition) is 2. The van der Waals surface area contributed by atoms with Crippen molar-refractivity contribution in [3.8, 4) is 0 Å². The van der Waals surface area contributed by atoms with E-state index in [4.69, 9.17) is 4.74 Å². The lowest BCUT2D eigenvalue weighted by atomic mass is 9.80. The Hall–Kier alpha value is -1.07. The molecule has 0 amide bonds. The van der Waals surface area contributed by atoms with Gasteiger partial charge in [0.2, 0.25) is 0 Å². The van der Waals surface area contributed by atoms with Gasteiger partial charge in [-0.05, 0) is 25.7 Å². The number of methoxy groups -OCH3 is 1. The summed E-state index contributed by atoms with van der Waals surface area (Å²) in [6.07, 6.45) is -2.85. The number of alkyl halides is 4. The van der Waals surface area contributed by atoms with Crippen LogP contribution in [0.1, 0.15) is 52.9 Å². The van der Waals surface area contributed by atoms with E-state index in [1.165, 1.54) is 20.1 Å². The van der Waals surface area contributed by atoms with Crippen molar-refractivity contribution in [2.24, 2.45) is 11.3 Å². The van der Waals surface area contributed by atoms with Crippen molar-refractivity contribution in [1.29, 1.82) is 0 Å². The number of hydrogen-bond donors (Lipinski definition) is 0. The van der Waals surface area contributed by atoms with E-state index >= 15 is 0 Å². The molecule has 2 nitrogen and oxygen atoms in total. The molecule has 0 aromatic heterocycles. The molecule has 0 spiro atoms. The van der Waals surface area contributed by atoms with Crippen LogP contribution in [0.15, 0.2) is 11.8 Å². The van der Waals surface area contributed by atoms with E-state index in [-0.39, 0.29) is 30.3 Å². The first-order chi connectivity index (χ1) is 10.1.